The van der Waals surface area contributed by atoms with Gasteiger partial charge in [-0.2, -0.15) is 4.31 Å². The Balaban J connectivity index is 1.20. The molecule has 0 unspecified atom stereocenters. The Morgan fingerprint density at radius 3 is 2.69 bits per heavy atom. The lowest BCUT2D eigenvalue weighted by Crippen LogP contribution is -2.53. The van der Waals surface area contributed by atoms with Crippen molar-refractivity contribution in [3.05, 3.63) is 76.2 Å². The van der Waals surface area contributed by atoms with Gasteiger partial charge in [0.05, 0.1) is 5.56 Å². The third kappa shape index (κ3) is 3.80. The summed E-state index contributed by atoms with van der Waals surface area (Å²) in [5.41, 5.74) is 4.02. The number of carbonyl (C=O) groups is 1. The molecule has 0 bridgehead atoms. The van der Waals surface area contributed by atoms with E-state index in [-0.39, 0.29) is 37.0 Å². The second-order valence-corrected chi connectivity index (χ2v) is 11.2. The maximum atomic E-state index is 13.2. The fraction of sp³-hybridized carbons (Fsp3) is 0.250. The molecule has 0 atom stereocenters. The fourth-order valence-corrected chi connectivity index (χ4v) is 6.44. The first-order valence-electron chi connectivity index (χ1n) is 11.5. The Morgan fingerprint density at radius 2 is 1.89 bits per heavy atom. The monoisotopic (exact) mass is 524 g/mol. The average molecular weight is 525 g/mol. The van der Waals surface area contributed by atoms with Crippen LogP contribution in [0.5, 0.6) is 0 Å². The van der Waals surface area contributed by atoms with Gasteiger partial charge in [-0.05, 0) is 52.9 Å². The van der Waals surface area contributed by atoms with E-state index < -0.39 is 15.9 Å². The second-order valence-electron chi connectivity index (χ2n) is 8.84. The highest BCUT2D eigenvalue weighted by molar-refractivity contribution is 7.89. The molecule has 36 heavy (non-hydrogen) atoms. The van der Waals surface area contributed by atoms with E-state index in [2.05, 4.69) is 15.0 Å². The smallest absolute Gasteiger partial charge is 0.392 e. The first-order chi connectivity index (χ1) is 17.3. The SMILES string of the molecule is O=C(c1nc2c(c[n+]1[O-])-c1ccncc1CC2)N1CCN(S(=O)(=O)c2cc3cc(Cl)ccc3[nH]2)CC1. The standard InChI is InChI=1S/C24H21ClN6O4S/c25-17-2-4-20-16(11-17)12-22(27-20)36(34,35)30-9-7-29(8-10-30)24(32)23-28-21-3-1-15-13-26-6-5-18(15)19(21)14-31(23)33/h2,4-6,11-14,27H,1,3,7-10H2. The molecule has 1 aromatic carbocycles. The number of carbonyl (C=O) groups excluding carboxylic acids is 1. The van der Waals surface area contributed by atoms with Gasteiger partial charge in [0.25, 0.3) is 10.0 Å². The summed E-state index contributed by atoms with van der Waals surface area (Å²) in [6.45, 7) is 0.511. The molecule has 2 aliphatic rings. The summed E-state index contributed by atoms with van der Waals surface area (Å²) in [5.74, 6) is -0.708. The molecule has 1 aliphatic carbocycles. The number of piperazine rings is 1. The number of sulfonamides is 1. The van der Waals surface area contributed by atoms with E-state index in [9.17, 15) is 18.4 Å². The number of nitrogens with zero attached hydrogens (tertiary/aromatic N) is 5. The van der Waals surface area contributed by atoms with Crippen LogP contribution in [0.1, 0.15) is 21.9 Å². The Bertz CT molecular complexity index is 1630. The second kappa shape index (κ2) is 8.54. The molecule has 1 aliphatic heterocycles. The van der Waals surface area contributed by atoms with Crippen molar-refractivity contribution >= 4 is 38.4 Å². The first-order valence-corrected chi connectivity index (χ1v) is 13.3. The van der Waals surface area contributed by atoms with Crippen LogP contribution in [0, 0.1) is 5.21 Å². The summed E-state index contributed by atoms with van der Waals surface area (Å²) in [6.07, 6.45) is 6.19. The number of fused-ring (bicyclic) bond motifs is 4. The van der Waals surface area contributed by atoms with Crippen molar-refractivity contribution in [1.29, 1.82) is 0 Å². The number of pyridine rings is 1. The van der Waals surface area contributed by atoms with Gasteiger partial charge in [0.1, 0.15) is 11.2 Å². The van der Waals surface area contributed by atoms with Crippen LogP contribution in [0.4, 0.5) is 0 Å². The molecule has 1 N–H and O–H groups in total. The number of aromatic nitrogens is 4. The fourth-order valence-electron chi connectivity index (χ4n) is 4.82. The van der Waals surface area contributed by atoms with Gasteiger partial charge in [-0.15, -0.1) is 0 Å². The molecule has 0 saturated carbocycles. The van der Waals surface area contributed by atoms with Crippen LogP contribution in [-0.2, 0) is 22.9 Å². The van der Waals surface area contributed by atoms with Gasteiger partial charge < -0.3 is 15.1 Å². The van der Waals surface area contributed by atoms with Crippen molar-refractivity contribution in [2.24, 2.45) is 0 Å². The van der Waals surface area contributed by atoms with Crippen LogP contribution in [0.3, 0.4) is 0 Å². The number of aryl methyl sites for hydroxylation is 2. The largest absolute Gasteiger partial charge is 0.710 e. The van der Waals surface area contributed by atoms with Crippen molar-refractivity contribution in [3.8, 4) is 11.1 Å². The third-order valence-corrected chi connectivity index (χ3v) is 8.78. The Morgan fingerprint density at radius 1 is 1.08 bits per heavy atom. The summed E-state index contributed by atoms with van der Waals surface area (Å²) < 4.78 is 28.2. The minimum absolute atomic E-state index is 0.0729. The van der Waals surface area contributed by atoms with Gasteiger partial charge in [-0.3, -0.25) is 9.78 Å². The lowest BCUT2D eigenvalue weighted by Gasteiger charge is -2.33. The van der Waals surface area contributed by atoms with Gasteiger partial charge in [0.15, 0.2) is 5.69 Å². The van der Waals surface area contributed by atoms with Crippen molar-refractivity contribution < 1.29 is 17.9 Å². The highest BCUT2D eigenvalue weighted by atomic mass is 35.5. The van der Waals surface area contributed by atoms with Crippen molar-refractivity contribution in [3.63, 3.8) is 0 Å². The molecule has 12 heteroatoms. The van der Waals surface area contributed by atoms with Gasteiger partial charge in [-0.25, -0.2) is 13.1 Å². The molecular weight excluding hydrogens is 504 g/mol. The van der Waals surface area contributed by atoms with E-state index in [0.29, 0.717) is 38.3 Å². The number of aromatic amines is 1. The predicted octanol–water partition coefficient (Wildman–Crippen LogP) is 2.16. The summed E-state index contributed by atoms with van der Waals surface area (Å²) >= 11 is 6.02. The molecule has 4 heterocycles. The molecule has 3 aromatic heterocycles. The summed E-state index contributed by atoms with van der Waals surface area (Å²) in [7, 11) is -3.79. The van der Waals surface area contributed by atoms with Gasteiger partial charge in [0, 0.05) is 60.9 Å². The van der Waals surface area contributed by atoms with Crippen molar-refractivity contribution in [1.82, 2.24) is 24.2 Å². The number of halogens is 1. The van der Waals surface area contributed by atoms with Gasteiger partial charge >= 0.3 is 11.7 Å². The molecule has 0 radical (unpaired) electrons. The summed E-state index contributed by atoms with van der Waals surface area (Å²) in [4.78, 5) is 26.1. The molecule has 1 amide bonds. The number of H-pyrrole nitrogens is 1. The van der Waals surface area contributed by atoms with E-state index in [1.165, 1.54) is 15.4 Å². The number of hydrogen-bond donors (Lipinski definition) is 1. The Labute approximate surface area is 211 Å². The topological polar surface area (TPSA) is 126 Å². The number of rotatable bonds is 3. The molecule has 10 nitrogen and oxygen atoms in total. The van der Waals surface area contributed by atoms with E-state index in [1.807, 2.05) is 6.07 Å². The zero-order chi connectivity index (χ0) is 25.0. The Hall–Kier alpha value is -3.54. The number of hydrogen-bond acceptors (Lipinski definition) is 6. The third-order valence-electron chi connectivity index (χ3n) is 6.72. The van der Waals surface area contributed by atoms with Crippen LogP contribution in [-0.4, -0.2) is 64.7 Å². The highest BCUT2D eigenvalue weighted by Gasteiger charge is 2.35. The summed E-state index contributed by atoms with van der Waals surface area (Å²) in [6, 6.07) is 8.51. The van der Waals surface area contributed by atoms with E-state index in [1.54, 1.807) is 36.7 Å². The molecule has 4 aromatic rings. The maximum Gasteiger partial charge on any atom is 0.392 e. The zero-order valence-electron chi connectivity index (χ0n) is 19.0. The molecule has 6 rings (SSSR count). The number of benzene rings is 1. The molecule has 1 fully saturated rings. The highest BCUT2D eigenvalue weighted by Crippen LogP contribution is 2.31. The lowest BCUT2D eigenvalue weighted by molar-refractivity contribution is -0.611. The first kappa shape index (κ1) is 22.9. The van der Waals surface area contributed by atoms with Crippen LogP contribution in [0.2, 0.25) is 5.02 Å². The van der Waals surface area contributed by atoms with Crippen molar-refractivity contribution in [2.45, 2.75) is 17.9 Å². The van der Waals surface area contributed by atoms with E-state index in [0.717, 1.165) is 17.5 Å². The zero-order valence-corrected chi connectivity index (χ0v) is 20.6. The lowest BCUT2D eigenvalue weighted by atomic mass is 9.91. The minimum Gasteiger partial charge on any atom is -0.710 e. The number of nitrogens with one attached hydrogen (secondary N) is 1. The predicted molar refractivity (Wildman–Crippen MR) is 132 cm³/mol. The molecule has 1 saturated heterocycles. The van der Waals surface area contributed by atoms with Crippen LogP contribution < -0.4 is 4.73 Å². The van der Waals surface area contributed by atoms with Crippen LogP contribution in [0.25, 0.3) is 22.0 Å². The quantitative estimate of drug-likeness (QED) is 0.323. The van der Waals surface area contributed by atoms with E-state index in [4.69, 9.17) is 11.6 Å². The van der Waals surface area contributed by atoms with Gasteiger partial charge in [-0.1, -0.05) is 11.6 Å². The summed E-state index contributed by atoms with van der Waals surface area (Å²) in [5, 5.41) is 14.1. The Kier molecular flexibility index (Phi) is 5.43. The normalized spacial score (nSPS) is 16.1. The number of amides is 1. The van der Waals surface area contributed by atoms with Crippen molar-refractivity contribution in [2.75, 3.05) is 26.2 Å². The van der Waals surface area contributed by atoms with Gasteiger partial charge in [0.2, 0.25) is 0 Å². The molecular formula is C24H21ClN6O4S. The minimum atomic E-state index is -3.79. The molecule has 184 valence electrons. The van der Waals surface area contributed by atoms with E-state index >= 15 is 0 Å². The van der Waals surface area contributed by atoms with Crippen LogP contribution in [0.15, 0.2) is 53.9 Å². The maximum absolute atomic E-state index is 13.2. The average Bonchev–Trinajstić information content (AvgIpc) is 3.32. The van der Waals surface area contributed by atoms with Crippen LogP contribution >= 0.6 is 11.6 Å². The molecule has 0 spiro atoms.